The number of nitriles is 1. The van der Waals surface area contributed by atoms with E-state index in [2.05, 4.69) is 31.4 Å². The predicted octanol–water partition coefficient (Wildman–Crippen LogP) is 1.96. The van der Waals surface area contributed by atoms with Crippen molar-refractivity contribution < 1.29 is 9.53 Å². The van der Waals surface area contributed by atoms with E-state index in [-0.39, 0.29) is 11.5 Å². The Hall–Kier alpha value is -1.54. The Labute approximate surface area is 122 Å². The molecule has 5 nitrogen and oxygen atoms in total. The summed E-state index contributed by atoms with van der Waals surface area (Å²) in [6, 6.07) is 1.90. The fraction of sp³-hybridized carbons (Fsp3) is 0.733. The molecule has 0 spiro atoms. The molecule has 0 fully saturated rings. The lowest BCUT2D eigenvalue weighted by molar-refractivity contribution is -0.117. The summed E-state index contributed by atoms with van der Waals surface area (Å²) in [5.74, 6) is 0.131. The van der Waals surface area contributed by atoms with Crippen LogP contribution in [0.15, 0.2) is 11.8 Å². The van der Waals surface area contributed by atoms with E-state index in [1.165, 1.54) is 6.20 Å². The van der Waals surface area contributed by atoms with Gasteiger partial charge >= 0.3 is 0 Å². The summed E-state index contributed by atoms with van der Waals surface area (Å²) >= 11 is 0. The Bertz CT molecular complexity index is 333. The maximum atomic E-state index is 11.7. The second-order valence-electron chi connectivity index (χ2n) is 5.05. The quantitative estimate of drug-likeness (QED) is 0.345. The Morgan fingerprint density at radius 2 is 2.05 bits per heavy atom. The largest absolute Gasteiger partial charge is 0.389 e. The van der Waals surface area contributed by atoms with Gasteiger partial charge in [-0.25, -0.2) is 0 Å². The Morgan fingerprint density at radius 1 is 1.35 bits per heavy atom. The van der Waals surface area contributed by atoms with Gasteiger partial charge < -0.3 is 15.4 Å². The first kappa shape index (κ1) is 18.5. The van der Waals surface area contributed by atoms with E-state index in [0.29, 0.717) is 19.1 Å². The molecule has 1 amide bonds. The van der Waals surface area contributed by atoms with Crippen molar-refractivity contribution in [2.75, 3.05) is 26.3 Å². The number of carbonyl (C=O) groups is 1. The zero-order valence-electron chi connectivity index (χ0n) is 12.9. The van der Waals surface area contributed by atoms with E-state index >= 15 is 0 Å². The van der Waals surface area contributed by atoms with Gasteiger partial charge in [0.25, 0.3) is 5.91 Å². The molecule has 0 saturated heterocycles. The van der Waals surface area contributed by atoms with Gasteiger partial charge in [-0.05, 0) is 18.8 Å². The van der Waals surface area contributed by atoms with Crippen molar-refractivity contribution >= 4 is 5.91 Å². The number of rotatable bonds is 11. The topological polar surface area (TPSA) is 74.1 Å². The molecule has 0 aliphatic carbocycles. The summed E-state index contributed by atoms with van der Waals surface area (Å²) in [4.78, 5) is 11.7. The molecule has 0 rings (SSSR count). The zero-order chi connectivity index (χ0) is 15.2. The van der Waals surface area contributed by atoms with Crippen LogP contribution in [0.4, 0.5) is 0 Å². The number of carbonyl (C=O) groups excluding carboxylic acids is 1. The molecule has 5 heteroatoms. The Kier molecular flexibility index (Phi) is 11.5. The lowest BCUT2D eigenvalue weighted by Crippen LogP contribution is -2.27. The average molecular weight is 281 g/mol. The third-order valence-corrected chi connectivity index (χ3v) is 2.53. The van der Waals surface area contributed by atoms with E-state index in [9.17, 15) is 4.79 Å². The van der Waals surface area contributed by atoms with E-state index in [1.807, 2.05) is 6.07 Å². The van der Waals surface area contributed by atoms with Gasteiger partial charge in [0.1, 0.15) is 11.6 Å². The summed E-state index contributed by atoms with van der Waals surface area (Å²) in [7, 11) is 0. The molecule has 0 aliphatic heterocycles. The molecule has 114 valence electrons. The molecule has 0 aliphatic rings. The van der Waals surface area contributed by atoms with Gasteiger partial charge in [0.2, 0.25) is 0 Å². The highest BCUT2D eigenvalue weighted by Crippen LogP contribution is 1.94. The zero-order valence-corrected chi connectivity index (χ0v) is 12.9. The van der Waals surface area contributed by atoms with Gasteiger partial charge in [0.05, 0.1) is 0 Å². The highest BCUT2D eigenvalue weighted by molar-refractivity contribution is 5.97. The molecular weight excluding hydrogens is 254 g/mol. The smallest absolute Gasteiger partial charge is 0.263 e. The molecule has 20 heavy (non-hydrogen) atoms. The Balaban J connectivity index is 3.79. The van der Waals surface area contributed by atoms with Crippen LogP contribution in [0.25, 0.3) is 0 Å². The third-order valence-electron chi connectivity index (χ3n) is 2.53. The van der Waals surface area contributed by atoms with Crippen molar-refractivity contribution in [2.24, 2.45) is 5.92 Å². The number of nitrogens with zero attached hydrogens (tertiary/aromatic N) is 1. The first-order chi connectivity index (χ1) is 9.61. The van der Waals surface area contributed by atoms with Gasteiger partial charge in [-0.15, -0.1) is 0 Å². The van der Waals surface area contributed by atoms with Crippen molar-refractivity contribution in [3.8, 4) is 6.07 Å². The van der Waals surface area contributed by atoms with Gasteiger partial charge in [-0.2, -0.15) is 5.26 Å². The molecule has 0 radical (unpaired) electrons. The first-order valence-corrected chi connectivity index (χ1v) is 7.31. The predicted molar refractivity (Wildman–Crippen MR) is 79.9 cm³/mol. The summed E-state index contributed by atoms with van der Waals surface area (Å²) in [6.45, 7) is 8.91. The number of unbranched alkanes of at least 4 members (excludes halogenated alkanes) is 1. The molecule has 2 N–H and O–H groups in total. The van der Waals surface area contributed by atoms with Crippen LogP contribution in [0.3, 0.4) is 0 Å². The van der Waals surface area contributed by atoms with Gasteiger partial charge in [-0.3, -0.25) is 4.79 Å². The summed E-state index contributed by atoms with van der Waals surface area (Å²) in [5.41, 5.74) is 0.109. The van der Waals surface area contributed by atoms with Gasteiger partial charge in [0, 0.05) is 32.5 Å². The van der Waals surface area contributed by atoms with Crippen molar-refractivity contribution in [1.29, 1.82) is 5.26 Å². The molecule has 0 atom stereocenters. The van der Waals surface area contributed by atoms with E-state index in [4.69, 9.17) is 10.00 Å². The Morgan fingerprint density at radius 3 is 2.65 bits per heavy atom. The first-order valence-electron chi connectivity index (χ1n) is 7.31. The van der Waals surface area contributed by atoms with Crippen LogP contribution in [0, 0.1) is 17.2 Å². The van der Waals surface area contributed by atoms with Crippen molar-refractivity contribution in [3.05, 3.63) is 11.8 Å². The van der Waals surface area contributed by atoms with Crippen LogP contribution >= 0.6 is 0 Å². The van der Waals surface area contributed by atoms with Crippen LogP contribution in [0.1, 0.15) is 40.0 Å². The molecule has 0 aromatic heterocycles. The number of hydrogen-bond donors (Lipinski definition) is 2. The van der Waals surface area contributed by atoms with Crippen LogP contribution in [0.5, 0.6) is 0 Å². The van der Waals surface area contributed by atoms with E-state index < -0.39 is 0 Å². The van der Waals surface area contributed by atoms with Crippen LogP contribution in [-0.4, -0.2) is 32.2 Å². The minimum atomic E-state index is -0.336. The third kappa shape index (κ3) is 10.4. The van der Waals surface area contributed by atoms with Crippen LogP contribution in [0.2, 0.25) is 0 Å². The maximum Gasteiger partial charge on any atom is 0.263 e. The van der Waals surface area contributed by atoms with Gasteiger partial charge in [0.15, 0.2) is 0 Å². The normalized spacial score (nSPS) is 11.2. The van der Waals surface area contributed by atoms with Crippen molar-refractivity contribution in [1.82, 2.24) is 10.6 Å². The molecule has 0 aromatic carbocycles. The molecular formula is C15H27N3O2. The number of hydrogen-bond acceptors (Lipinski definition) is 4. The van der Waals surface area contributed by atoms with E-state index in [0.717, 1.165) is 32.4 Å². The summed E-state index contributed by atoms with van der Waals surface area (Å²) in [6.07, 6.45) is 4.42. The van der Waals surface area contributed by atoms with Crippen LogP contribution in [-0.2, 0) is 9.53 Å². The van der Waals surface area contributed by atoms with E-state index in [1.54, 1.807) is 0 Å². The average Bonchev–Trinajstić information content (AvgIpc) is 2.42. The molecule has 0 unspecified atom stereocenters. The molecule has 0 heterocycles. The number of amides is 1. The number of ether oxygens (including phenoxy) is 1. The monoisotopic (exact) mass is 281 g/mol. The molecule has 0 aromatic rings. The SMILES string of the molecule is CCCCOCCCNC(=O)/C(C#N)=C\NCC(C)C. The minimum absolute atomic E-state index is 0.109. The molecule has 0 saturated carbocycles. The maximum absolute atomic E-state index is 11.7. The van der Waals surface area contributed by atoms with Crippen LogP contribution < -0.4 is 10.6 Å². The highest BCUT2D eigenvalue weighted by atomic mass is 16.5. The number of nitrogens with one attached hydrogen (secondary N) is 2. The summed E-state index contributed by atoms with van der Waals surface area (Å²) < 4.78 is 5.39. The fourth-order valence-electron chi connectivity index (χ4n) is 1.37. The fourth-order valence-corrected chi connectivity index (χ4v) is 1.37. The molecule has 0 bridgehead atoms. The minimum Gasteiger partial charge on any atom is -0.389 e. The standard InChI is InChI=1S/C15H27N3O2/c1-4-5-8-20-9-6-7-18-15(19)14(10-16)12-17-11-13(2)3/h12-13,17H,4-9,11H2,1-3H3,(H,18,19)/b14-12-. The van der Waals surface area contributed by atoms with Crippen molar-refractivity contribution in [2.45, 2.75) is 40.0 Å². The van der Waals surface area contributed by atoms with Gasteiger partial charge in [-0.1, -0.05) is 27.2 Å². The lowest BCUT2D eigenvalue weighted by Gasteiger charge is -2.07. The second kappa shape index (κ2) is 12.5. The lowest BCUT2D eigenvalue weighted by atomic mass is 10.2. The highest BCUT2D eigenvalue weighted by Gasteiger charge is 2.07. The second-order valence-corrected chi connectivity index (χ2v) is 5.05. The van der Waals surface area contributed by atoms with Crippen molar-refractivity contribution in [3.63, 3.8) is 0 Å². The summed E-state index contributed by atoms with van der Waals surface area (Å²) in [5, 5.41) is 14.6.